The van der Waals surface area contributed by atoms with E-state index in [1.165, 1.54) is 12.8 Å². The number of aromatic hydroxyl groups is 1. The van der Waals surface area contributed by atoms with Gasteiger partial charge in [0.1, 0.15) is 5.75 Å². The van der Waals surface area contributed by atoms with E-state index >= 15 is 0 Å². The van der Waals surface area contributed by atoms with Crippen LogP contribution < -0.4 is 0 Å². The van der Waals surface area contributed by atoms with Crippen molar-refractivity contribution in [3.63, 3.8) is 0 Å². The van der Waals surface area contributed by atoms with Crippen molar-refractivity contribution in [2.24, 2.45) is 5.41 Å². The Bertz CT molecular complexity index is 577. The van der Waals surface area contributed by atoms with Crippen LogP contribution in [0.5, 0.6) is 5.75 Å². The number of phenolic OH excluding ortho intramolecular Hbond substituents is 1. The first-order valence-electron chi connectivity index (χ1n) is 8.87. The van der Waals surface area contributed by atoms with Crippen molar-refractivity contribution >= 4 is 5.91 Å². The van der Waals surface area contributed by atoms with Crippen molar-refractivity contribution in [2.75, 3.05) is 39.9 Å². The second-order valence-corrected chi connectivity index (χ2v) is 7.29. The van der Waals surface area contributed by atoms with Gasteiger partial charge in [-0.05, 0) is 43.5 Å². The lowest BCUT2D eigenvalue weighted by Crippen LogP contribution is -2.54. The van der Waals surface area contributed by atoms with Crippen LogP contribution in [0.2, 0.25) is 0 Å². The van der Waals surface area contributed by atoms with Crippen molar-refractivity contribution < 1.29 is 14.6 Å². The van der Waals surface area contributed by atoms with Crippen LogP contribution in [-0.2, 0) is 16.1 Å². The van der Waals surface area contributed by atoms with E-state index in [0.29, 0.717) is 25.3 Å². The number of phenols is 1. The molecule has 1 spiro atoms. The van der Waals surface area contributed by atoms with E-state index in [0.717, 1.165) is 38.2 Å². The topological polar surface area (TPSA) is 53.0 Å². The predicted molar refractivity (Wildman–Crippen MR) is 92.7 cm³/mol. The summed E-state index contributed by atoms with van der Waals surface area (Å²) in [5.41, 5.74) is 1.37. The summed E-state index contributed by atoms with van der Waals surface area (Å²) < 4.78 is 5.15. The molecule has 1 N–H and O–H groups in total. The molecule has 1 aromatic rings. The number of ether oxygens (including phenoxy) is 1. The number of likely N-dealkylation sites (tertiary alicyclic amines) is 2. The highest BCUT2D eigenvalue weighted by atomic mass is 16.5. The van der Waals surface area contributed by atoms with Crippen LogP contribution in [0.25, 0.3) is 0 Å². The molecule has 2 fully saturated rings. The zero-order valence-corrected chi connectivity index (χ0v) is 14.5. The Labute approximate surface area is 144 Å². The fraction of sp³-hybridized carbons (Fsp3) is 0.632. The van der Waals surface area contributed by atoms with Gasteiger partial charge < -0.3 is 14.7 Å². The first-order valence-corrected chi connectivity index (χ1v) is 8.87. The highest BCUT2D eigenvalue weighted by molar-refractivity contribution is 5.77. The summed E-state index contributed by atoms with van der Waals surface area (Å²) in [5, 5.41) is 9.66. The molecule has 1 amide bonds. The van der Waals surface area contributed by atoms with Gasteiger partial charge in [0.15, 0.2) is 0 Å². The van der Waals surface area contributed by atoms with Crippen molar-refractivity contribution in [3.8, 4) is 5.75 Å². The molecule has 2 saturated heterocycles. The largest absolute Gasteiger partial charge is 0.508 e. The fourth-order valence-electron chi connectivity index (χ4n) is 4.20. The number of piperidine rings is 2. The number of hydrogen-bond donors (Lipinski definition) is 1. The van der Waals surface area contributed by atoms with Gasteiger partial charge in [0, 0.05) is 45.1 Å². The zero-order valence-electron chi connectivity index (χ0n) is 14.5. The minimum absolute atomic E-state index is 0.219. The first-order chi connectivity index (χ1) is 11.6. The van der Waals surface area contributed by atoms with Crippen molar-refractivity contribution in [3.05, 3.63) is 29.8 Å². The third kappa shape index (κ3) is 4.08. The molecule has 2 aliphatic rings. The monoisotopic (exact) mass is 332 g/mol. The number of rotatable bonds is 5. The number of carbonyl (C=O) groups is 1. The summed E-state index contributed by atoms with van der Waals surface area (Å²) >= 11 is 0. The van der Waals surface area contributed by atoms with Crippen LogP contribution in [-0.4, -0.2) is 60.7 Å². The van der Waals surface area contributed by atoms with Gasteiger partial charge >= 0.3 is 0 Å². The second kappa shape index (κ2) is 7.53. The number of methoxy groups -OCH3 is 1. The van der Waals surface area contributed by atoms with Gasteiger partial charge in [-0.2, -0.15) is 0 Å². The molecule has 0 aliphatic carbocycles. The summed E-state index contributed by atoms with van der Waals surface area (Å²) in [4.78, 5) is 16.6. The number of amides is 1. The standard InChI is InChI=1S/C19H28N2O3/c1-24-11-10-21-15-19(8-6-18(21)23)7-3-9-20(14-19)13-16-4-2-5-17(22)12-16/h2,4-5,12,22H,3,6-11,13-15H2,1H3/t19-/m1/s1. The molecule has 24 heavy (non-hydrogen) atoms. The number of nitrogens with zero attached hydrogens (tertiary/aromatic N) is 2. The van der Waals surface area contributed by atoms with Crippen molar-refractivity contribution in [2.45, 2.75) is 32.2 Å². The average molecular weight is 332 g/mol. The molecular formula is C19H28N2O3. The lowest BCUT2D eigenvalue weighted by atomic mass is 9.73. The van der Waals surface area contributed by atoms with E-state index in [-0.39, 0.29) is 11.3 Å². The molecule has 1 atom stereocenters. The van der Waals surface area contributed by atoms with Gasteiger partial charge in [0.25, 0.3) is 0 Å². The molecule has 0 radical (unpaired) electrons. The van der Waals surface area contributed by atoms with E-state index in [2.05, 4.69) is 11.0 Å². The summed E-state index contributed by atoms with van der Waals surface area (Å²) in [5.74, 6) is 0.594. The van der Waals surface area contributed by atoms with Crippen LogP contribution in [0.4, 0.5) is 0 Å². The Kier molecular flexibility index (Phi) is 5.41. The van der Waals surface area contributed by atoms with Crippen LogP contribution >= 0.6 is 0 Å². The SMILES string of the molecule is COCCN1C[C@]2(CCCN(Cc3cccc(O)c3)C2)CCC1=O. The average Bonchev–Trinajstić information content (AvgIpc) is 2.56. The Morgan fingerprint density at radius 1 is 1.29 bits per heavy atom. The predicted octanol–water partition coefficient (Wildman–Crippen LogP) is 2.24. The Morgan fingerprint density at radius 2 is 2.17 bits per heavy atom. The molecule has 0 aromatic heterocycles. The molecular weight excluding hydrogens is 304 g/mol. The van der Waals surface area contributed by atoms with Crippen molar-refractivity contribution in [1.29, 1.82) is 0 Å². The summed E-state index contributed by atoms with van der Waals surface area (Å²) in [6.45, 7) is 5.13. The molecule has 5 nitrogen and oxygen atoms in total. The number of carbonyl (C=O) groups excluding carboxylic acids is 1. The molecule has 0 bridgehead atoms. The van der Waals surface area contributed by atoms with Crippen LogP contribution in [0.1, 0.15) is 31.2 Å². The van der Waals surface area contributed by atoms with Gasteiger partial charge in [-0.3, -0.25) is 9.69 Å². The smallest absolute Gasteiger partial charge is 0.222 e. The first kappa shape index (κ1) is 17.2. The lowest BCUT2D eigenvalue weighted by molar-refractivity contribution is -0.140. The maximum Gasteiger partial charge on any atom is 0.222 e. The van der Waals surface area contributed by atoms with E-state index in [9.17, 15) is 9.90 Å². The highest BCUT2D eigenvalue weighted by Crippen LogP contribution is 2.39. The normalized spacial score (nSPS) is 25.4. The molecule has 5 heteroatoms. The Balaban J connectivity index is 1.64. The van der Waals surface area contributed by atoms with Crippen LogP contribution in [0.15, 0.2) is 24.3 Å². The Morgan fingerprint density at radius 3 is 2.96 bits per heavy atom. The molecule has 132 valence electrons. The van der Waals surface area contributed by atoms with Crippen LogP contribution in [0, 0.1) is 5.41 Å². The number of benzene rings is 1. The number of hydrogen-bond acceptors (Lipinski definition) is 4. The van der Waals surface area contributed by atoms with Gasteiger partial charge in [-0.15, -0.1) is 0 Å². The summed E-state index contributed by atoms with van der Waals surface area (Å²) in [6, 6.07) is 7.52. The third-order valence-corrected chi connectivity index (χ3v) is 5.37. The van der Waals surface area contributed by atoms with Gasteiger partial charge in [-0.1, -0.05) is 12.1 Å². The van der Waals surface area contributed by atoms with Gasteiger partial charge in [0.05, 0.1) is 6.61 Å². The third-order valence-electron chi connectivity index (χ3n) is 5.37. The summed E-state index contributed by atoms with van der Waals surface area (Å²) in [6.07, 6.45) is 4.01. The summed E-state index contributed by atoms with van der Waals surface area (Å²) in [7, 11) is 1.68. The molecule has 2 heterocycles. The fourth-order valence-corrected chi connectivity index (χ4v) is 4.20. The van der Waals surface area contributed by atoms with Crippen LogP contribution in [0.3, 0.4) is 0 Å². The molecule has 0 saturated carbocycles. The molecule has 0 unspecified atom stereocenters. The van der Waals surface area contributed by atoms with E-state index in [1.807, 2.05) is 17.0 Å². The Hall–Kier alpha value is -1.59. The van der Waals surface area contributed by atoms with Gasteiger partial charge in [0.2, 0.25) is 5.91 Å². The maximum atomic E-state index is 12.2. The molecule has 2 aliphatic heterocycles. The minimum atomic E-state index is 0.219. The van der Waals surface area contributed by atoms with E-state index < -0.39 is 0 Å². The van der Waals surface area contributed by atoms with Gasteiger partial charge in [-0.25, -0.2) is 0 Å². The second-order valence-electron chi connectivity index (χ2n) is 7.29. The lowest BCUT2D eigenvalue weighted by Gasteiger charge is -2.48. The quantitative estimate of drug-likeness (QED) is 0.898. The minimum Gasteiger partial charge on any atom is -0.508 e. The molecule has 3 rings (SSSR count). The van der Waals surface area contributed by atoms with E-state index in [1.54, 1.807) is 13.2 Å². The zero-order chi connectivity index (χ0) is 17.0. The molecule has 1 aromatic carbocycles. The van der Waals surface area contributed by atoms with E-state index in [4.69, 9.17) is 4.74 Å². The van der Waals surface area contributed by atoms with Crippen molar-refractivity contribution in [1.82, 2.24) is 9.80 Å². The highest BCUT2D eigenvalue weighted by Gasteiger charge is 2.41. The maximum absolute atomic E-state index is 12.2.